The first kappa shape index (κ1) is 14.3. The van der Waals surface area contributed by atoms with Crippen LogP contribution in [-0.2, 0) is 0 Å². The van der Waals surface area contributed by atoms with Crippen molar-refractivity contribution in [2.45, 2.75) is 76.9 Å². The monoisotopic (exact) mass is 252 g/mol. The van der Waals surface area contributed by atoms with Gasteiger partial charge in [-0.2, -0.15) is 0 Å². The van der Waals surface area contributed by atoms with Gasteiger partial charge in [-0.15, -0.1) is 0 Å². The maximum Gasteiger partial charge on any atom is 0.00989 e. The molecule has 2 saturated heterocycles. The number of hydrogen-bond acceptors (Lipinski definition) is 2. The third kappa shape index (κ3) is 3.27. The molecule has 0 saturated carbocycles. The van der Waals surface area contributed by atoms with E-state index in [1.807, 2.05) is 0 Å². The topological polar surface area (TPSA) is 15.3 Å². The number of fused-ring (bicyclic) bond motifs is 2. The fraction of sp³-hybridized carbons (Fsp3) is 1.00. The summed E-state index contributed by atoms with van der Waals surface area (Å²) in [5.41, 5.74) is 0. The second kappa shape index (κ2) is 6.38. The van der Waals surface area contributed by atoms with Crippen molar-refractivity contribution in [1.82, 2.24) is 10.2 Å². The van der Waals surface area contributed by atoms with Gasteiger partial charge in [0.15, 0.2) is 0 Å². The Kier molecular flexibility index (Phi) is 5.08. The summed E-state index contributed by atoms with van der Waals surface area (Å²) in [6, 6.07) is 2.53. The highest BCUT2D eigenvalue weighted by Crippen LogP contribution is 2.39. The summed E-state index contributed by atoms with van der Waals surface area (Å²) < 4.78 is 0. The van der Waals surface area contributed by atoms with Crippen LogP contribution in [0.4, 0.5) is 0 Å². The minimum Gasteiger partial charge on any atom is -0.317 e. The van der Waals surface area contributed by atoms with Gasteiger partial charge in [0.1, 0.15) is 0 Å². The van der Waals surface area contributed by atoms with Gasteiger partial charge >= 0.3 is 0 Å². The Morgan fingerprint density at radius 3 is 2.22 bits per heavy atom. The first-order chi connectivity index (χ1) is 8.61. The molecule has 2 fully saturated rings. The van der Waals surface area contributed by atoms with Crippen molar-refractivity contribution >= 4 is 0 Å². The van der Waals surface area contributed by atoms with E-state index in [1.165, 1.54) is 44.9 Å². The van der Waals surface area contributed by atoms with Gasteiger partial charge in [-0.1, -0.05) is 26.7 Å². The maximum atomic E-state index is 3.61. The molecule has 3 atom stereocenters. The largest absolute Gasteiger partial charge is 0.317 e. The molecule has 0 aliphatic carbocycles. The molecule has 2 bridgehead atoms. The number of nitrogens with one attached hydrogen (secondary N) is 1. The molecule has 18 heavy (non-hydrogen) atoms. The van der Waals surface area contributed by atoms with E-state index in [9.17, 15) is 0 Å². The third-order valence-electron chi connectivity index (χ3n) is 5.37. The van der Waals surface area contributed by atoms with Crippen LogP contribution in [-0.4, -0.2) is 37.1 Å². The molecule has 2 aliphatic heterocycles. The molecule has 2 rings (SSSR count). The molecule has 2 nitrogen and oxygen atoms in total. The highest BCUT2D eigenvalue weighted by atomic mass is 15.2. The van der Waals surface area contributed by atoms with Crippen LogP contribution in [0.2, 0.25) is 0 Å². The Morgan fingerprint density at radius 2 is 1.72 bits per heavy atom. The van der Waals surface area contributed by atoms with Crippen molar-refractivity contribution in [3.8, 4) is 0 Å². The summed E-state index contributed by atoms with van der Waals surface area (Å²) in [7, 11) is 4.51. The van der Waals surface area contributed by atoms with Crippen molar-refractivity contribution in [2.24, 2.45) is 11.8 Å². The maximum absolute atomic E-state index is 3.61. The van der Waals surface area contributed by atoms with Gasteiger partial charge in [0.25, 0.3) is 0 Å². The van der Waals surface area contributed by atoms with Crippen LogP contribution < -0.4 is 5.32 Å². The van der Waals surface area contributed by atoms with Crippen molar-refractivity contribution in [3.63, 3.8) is 0 Å². The predicted octanol–water partition coefficient (Wildman–Crippen LogP) is 3.27. The minimum absolute atomic E-state index is 0.764. The molecule has 0 amide bonds. The molecule has 2 aliphatic rings. The molecule has 2 heteroatoms. The van der Waals surface area contributed by atoms with E-state index in [0.717, 1.165) is 30.0 Å². The Labute approximate surface area is 114 Å². The van der Waals surface area contributed by atoms with Crippen molar-refractivity contribution < 1.29 is 0 Å². The number of rotatable bonds is 6. The van der Waals surface area contributed by atoms with Crippen LogP contribution in [0.25, 0.3) is 0 Å². The van der Waals surface area contributed by atoms with Gasteiger partial charge < -0.3 is 10.2 Å². The highest BCUT2D eigenvalue weighted by molar-refractivity contribution is 4.96. The number of piperidine rings is 1. The molecule has 0 aromatic carbocycles. The quantitative estimate of drug-likeness (QED) is 0.780. The van der Waals surface area contributed by atoms with Gasteiger partial charge in [-0.05, 0) is 58.0 Å². The zero-order valence-corrected chi connectivity index (χ0v) is 12.8. The molecule has 3 unspecified atom stereocenters. The average molecular weight is 252 g/mol. The van der Waals surface area contributed by atoms with Gasteiger partial charge in [0, 0.05) is 18.1 Å². The molecule has 2 heterocycles. The smallest absolute Gasteiger partial charge is 0.00989 e. The van der Waals surface area contributed by atoms with Crippen molar-refractivity contribution in [2.75, 3.05) is 14.1 Å². The normalized spacial score (nSPS) is 34.2. The van der Waals surface area contributed by atoms with E-state index in [1.54, 1.807) is 0 Å². The zero-order valence-electron chi connectivity index (χ0n) is 12.8. The van der Waals surface area contributed by atoms with Crippen LogP contribution in [0.15, 0.2) is 0 Å². The summed E-state index contributed by atoms with van der Waals surface area (Å²) in [6.45, 7) is 4.67. The fourth-order valence-corrected chi connectivity index (χ4v) is 4.14. The molecular formula is C16H32N2. The lowest BCUT2D eigenvalue weighted by Gasteiger charge is -2.40. The fourth-order valence-electron chi connectivity index (χ4n) is 4.14. The molecule has 0 aromatic rings. The van der Waals surface area contributed by atoms with Gasteiger partial charge in [-0.25, -0.2) is 0 Å². The second-order valence-corrected chi connectivity index (χ2v) is 7.00. The Morgan fingerprint density at radius 1 is 1.11 bits per heavy atom. The van der Waals surface area contributed by atoms with Crippen LogP contribution >= 0.6 is 0 Å². The number of nitrogens with zero attached hydrogens (tertiary/aromatic N) is 1. The van der Waals surface area contributed by atoms with Crippen molar-refractivity contribution in [1.29, 1.82) is 0 Å². The summed E-state index contributed by atoms with van der Waals surface area (Å²) in [5.74, 6) is 1.78. The van der Waals surface area contributed by atoms with Gasteiger partial charge in [-0.3, -0.25) is 0 Å². The molecule has 106 valence electrons. The van der Waals surface area contributed by atoms with Crippen LogP contribution in [0.3, 0.4) is 0 Å². The van der Waals surface area contributed by atoms with E-state index >= 15 is 0 Å². The summed E-state index contributed by atoms with van der Waals surface area (Å²) in [5, 5.41) is 3.61. The van der Waals surface area contributed by atoms with Crippen LogP contribution in [0.5, 0.6) is 0 Å². The third-order valence-corrected chi connectivity index (χ3v) is 5.37. The lowest BCUT2D eigenvalue weighted by molar-refractivity contribution is 0.111. The molecule has 0 spiro atoms. The SMILES string of the molecule is CNC(CCCC(C)C)C1CC2CCC(C1)N2C. The first-order valence-electron chi connectivity index (χ1n) is 8.01. The van der Waals surface area contributed by atoms with E-state index in [0.29, 0.717) is 0 Å². The molecule has 0 aromatic heterocycles. The standard InChI is InChI=1S/C16H32N2/c1-12(2)6-5-7-16(17-3)13-10-14-8-9-15(11-13)18(14)4/h12-17H,5-11H2,1-4H3. The zero-order chi connectivity index (χ0) is 13.1. The number of hydrogen-bond donors (Lipinski definition) is 1. The lowest BCUT2D eigenvalue weighted by atomic mass is 9.83. The van der Waals surface area contributed by atoms with E-state index in [4.69, 9.17) is 0 Å². The van der Waals surface area contributed by atoms with Crippen molar-refractivity contribution in [3.05, 3.63) is 0 Å². The Balaban J connectivity index is 1.82. The van der Waals surface area contributed by atoms with E-state index in [2.05, 4.69) is 38.2 Å². The van der Waals surface area contributed by atoms with Gasteiger partial charge in [0.2, 0.25) is 0 Å². The Bertz CT molecular complexity index is 237. The molecule has 1 N–H and O–H groups in total. The average Bonchev–Trinajstić information content (AvgIpc) is 2.56. The van der Waals surface area contributed by atoms with E-state index in [-0.39, 0.29) is 0 Å². The van der Waals surface area contributed by atoms with E-state index < -0.39 is 0 Å². The first-order valence-corrected chi connectivity index (χ1v) is 8.01. The lowest BCUT2D eigenvalue weighted by Crippen LogP contribution is -2.46. The minimum atomic E-state index is 0.764. The molecule has 0 radical (unpaired) electrons. The van der Waals surface area contributed by atoms with Crippen LogP contribution in [0.1, 0.15) is 58.8 Å². The predicted molar refractivity (Wildman–Crippen MR) is 78.8 cm³/mol. The molecular weight excluding hydrogens is 220 g/mol. The van der Waals surface area contributed by atoms with Crippen LogP contribution in [0, 0.1) is 11.8 Å². The summed E-state index contributed by atoms with van der Waals surface area (Å²) in [6.07, 6.45) is 9.91. The summed E-state index contributed by atoms with van der Waals surface area (Å²) >= 11 is 0. The second-order valence-electron chi connectivity index (χ2n) is 7.00. The van der Waals surface area contributed by atoms with Gasteiger partial charge in [0.05, 0.1) is 0 Å². The Hall–Kier alpha value is -0.0800. The summed E-state index contributed by atoms with van der Waals surface area (Å²) in [4.78, 5) is 2.65. The highest BCUT2D eigenvalue weighted by Gasteiger charge is 2.40.